The van der Waals surface area contributed by atoms with E-state index in [1.807, 2.05) is 75.5 Å². The number of nitrogen functional groups attached to an aromatic ring is 4. The Labute approximate surface area is 301 Å². The number of pyridine rings is 2. The Morgan fingerprint density at radius 2 is 1.04 bits per heavy atom. The van der Waals surface area contributed by atoms with Crippen molar-refractivity contribution in [3.05, 3.63) is 104 Å². The second kappa shape index (κ2) is 12.6. The summed E-state index contributed by atoms with van der Waals surface area (Å²) >= 11 is 0. The molecule has 8 N–H and O–H groups in total. The van der Waals surface area contributed by atoms with Crippen LogP contribution in [0.3, 0.4) is 0 Å². The number of fused-ring (bicyclic) bond motifs is 8. The van der Waals surface area contributed by atoms with Gasteiger partial charge in [-0.25, -0.2) is 39.9 Å². The molecule has 0 fully saturated rings. The maximum Gasteiger partial charge on any atom is 0.220 e. The molecule has 0 atom stereocenters. The second-order valence-corrected chi connectivity index (χ2v) is 11.9. The van der Waals surface area contributed by atoms with Gasteiger partial charge in [0.15, 0.2) is 0 Å². The topological polar surface area (TPSA) is 225 Å². The van der Waals surface area contributed by atoms with E-state index in [1.165, 1.54) is 0 Å². The zero-order chi connectivity index (χ0) is 35.5. The number of nitrogens with zero attached hydrogens (tertiary/aromatic N) is 10. The maximum atomic E-state index is 6.17. The summed E-state index contributed by atoms with van der Waals surface area (Å²) in [5, 5.41) is 3.83. The third kappa shape index (κ3) is 5.31. The molecule has 53 heavy (non-hydrogen) atoms. The van der Waals surface area contributed by atoms with Crippen LogP contribution < -0.4 is 27.7 Å². The first kappa shape index (κ1) is 32.5. The zero-order valence-corrected chi connectivity index (χ0v) is 27.5. The number of hydrogen-bond acceptors (Lipinski definition) is 13. The molecule has 0 unspecified atom stereocenters. The van der Waals surface area contributed by atoms with Gasteiger partial charge in [-0.15, -0.1) is 0 Å². The van der Waals surface area contributed by atoms with Crippen LogP contribution in [0.2, 0.25) is 0 Å². The molecular formula is C38H32N14O. The molecule has 0 bridgehead atoms. The number of nitrogens with two attached hydrogens (primary N) is 4. The van der Waals surface area contributed by atoms with E-state index in [0.717, 1.165) is 71.8 Å². The average molecular weight is 701 g/mol. The van der Waals surface area contributed by atoms with Crippen molar-refractivity contribution in [3.8, 4) is 28.3 Å². The normalized spacial score (nSPS) is 11.3. The quantitative estimate of drug-likeness (QED) is 0.167. The highest BCUT2D eigenvalue weighted by Gasteiger charge is 2.20. The van der Waals surface area contributed by atoms with Crippen molar-refractivity contribution in [2.75, 3.05) is 30.0 Å². The van der Waals surface area contributed by atoms with Gasteiger partial charge >= 0.3 is 0 Å². The fourth-order valence-corrected chi connectivity index (χ4v) is 6.64. The van der Waals surface area contributed by atoms with Crippen LogP contribution in [0.1, 0.15) is 7.43 Å². The Morgan fingerprint density at radius 1 is 0.528 bits per heavy atom. The highest BCUT2D eigenvalue weighted by atomic mass is 16.5. The molecule has 260 valence electrons. The van der Waals surface area contributed by atoms with Crippen LogP contribution in [0.25, 0.3) is 77.4 Å². The Morgan fingerprint density at radius 3 is 1.58 bits per heavy atom. The molecule has 0 aliphatic rings. The van der Waals surface area contributed by atoms with Crippen LogP contribution in [0.4, 0.5) is 23.8 Å². The Bertz CT molecular complexity index is 3030. The van der Waals surface area contributed by atoms with E-state index >= 15 is 0 Å². The summed E-state index contributed by atoms with van der Waals surface area (Å²) < 4.78 is 9.01. The minimum Gasteiger partial charge on any atom is -0.497 e. The first-order valence-corrected chi connectivity index (χ1v) is 16.0. The van der Waals surface area contributed by atoms with E-state index in [1.54, 1.807) is 31.9 Å². The lowest BCUT2D eigenvalue weighted by Gasteiger charge is -2.04. The van der Waals surface area contributed by atoms with Gasteiger partial charge in [-0.1, -0.05) is 25.6 Å². The van der Waals surface area contributed by atoms with Gasteiger partial charge in [-0.2, -0.15) is 0 Å². The molecule has 2 aromatic carbocycles. The van der Waals surface area contributed by atoms with Gasteiger partial charge in [-0.05, 0) is 60.7 Å². The summed E-state index contributed by atoms with van der Waals surface area (Å²) in [7, 11) is 1.64. The Hall–Kier alpha value is -7.68. The fraction of sp³-hybridized carbons (Fsp3) is 0.0526. The third-order valence-electron chi connectivity index (χ3n) is 8.86. The van der Waals surface area contributed by atoms with Gasteiger partial charge in [-0.3, -0.25) is 8.80 Å². The van der Waals surface area contributed by atoms with Crippen LogP contribution in [0.15, 0.2) is 104 Å². The molecule has 0 amide bonds. The summed E-state index contributed by atoms with van der Waals surface area (Å²) in [6, 6.07) is 25.3. The van der Waals surface area contributed by atoms with Gasteiger partial charge < -0.3 is 27.7 Å². The lowest BCUT2D eigenvalue weighted by molar-refractivity contribution is 0.415. The van der Waals surface area contributed by atoms with Gasteiger partial charge in [0.2, 0.25) is 23.8 Å². The van der Waals surface area contributed by atoms with Crippen LogP contribution in [0, 0.1) is 0 Å². The molecule has 15 heteroatoms. The second-order valence-electron chi connectivity index (χ2n) is 11.9. The van der Waals surface area contributed by atoms with Crippen molar-refractivity contribution in [1.82, 2.24) is 48.7 Å². The number of aromatic nitrogens is 10. The summed E-state index contributed by atoms with van der Waals surface area (Å²) in [5.41, 5.74) is 32.0. The van der Waals surface area contributed by atoms with Gasteiger partial charge in [0.1, 0.15) is 17.0 Å². The highest BCUT2D eigenvalue weighted by Crippen LogP contribution is 2.38. The predicted molar refractivity (Wildman–Crippen MR) is 209 cm³/mol. The first-order chi connectivity index (χ1) is 25.4. The maximum absolute atomic E-state index is 6.17. The van der Waals surface area contributed by atoms with Gasteiger partial charge in [0.25, 0.3) is 0 Å². The van der Waals surface area contributed by atoms with E-state index in [4.69, 9.17) is 37.6 Å². The molecule has 0 aliphatic carbocycles. The first-order valence-electron chi connectivity index (χ1n) is 16.0. The number of methoxy groups -OCH3 is 1. The number of hydrogen-bond donors (Lipinski definition) is 4. The molecule has 0 saturated heterocycles. The van der Waals surface area contributed by atoms with Gasteiger partial charge in [0.05, 0.1) is 40.6 Å². The predicted octanol–water partition coefficient (Wildman–Crippen LogP) is 5.96. The standard InChI is InChI=1S/C19H15N7O.C18H13N7.CH4/c1-27-11-2-3-13-10(8-11)9-12-16(14-4-6-22-18(20)25-14)15-5-7-23-19(21)26(15)17(12)24-13;19-17-21-7-5-13(24-17)15-11-9-10-3-1-2-4-12(10)23-16(11)25-14(15)6-8-22-18(25)20;/h2-9H,1H3,(H2,21,23)(H2,20,22,25);1-9H,(H2,20,22)(H2,19,21,24);1H4. The minimum absolute atomic E-state index is 0. The molecule has 10 aromatic rings. The largest absolute Gasteiger partial charge is 0.497 e. The van der Waals surface area contributed by atoms with Crippen LogP contribution in [-0.4, -0.2) is 55.8 Å². The van der Waals surface area contributed by atoms with Crippen molar-refractivity contribution in [2.24, 2.45) is 0 Å². The number of para-hydroxylation sites is 1. The lowest BCUT2D eigenvalue weighted by atomic mass is 10.1. The van der Waals surface area contributed by atoms with E-state index in [2.05, 4.69) is 42.0 Å². The van der Waals surface area contributed by atoms with Crippen molar-refractivity contribution in [2.45, 2.75) is 7.43 Å². The minimum atomic E-state index is 0. The van der Waals surface area contributed by atoms with Crippen LogP contribution >= 0.6 is 0 Å². The fourth-order valence-electron chi connectivity index (χ4n) is 6.64. The summed E-state index contributed by atoms with van der Waals surface area (Å²) in [4.78, 5) is 34.8. The molecule has 10 rings (SSSR count). The van der Waals surface area contributed by atoms with Crippen molar-refractivity contribution >= 4 is 78.7 Å². The molecule has 8 heterocycles. The summed E-state index contributed by atoms with van der Waals surface area (Å²) in [6.45, 7) is 0. The molecule has 0 saturated carbocycles. The lowest BCUT2D eigenvalue weighted by Crippen LogP contribution is -2.00. The van der Waals surface area contributed by atoms with E-state index < -0.39 is 0 Å². The third-order valence-corrected chi connectivity index (χ3v) is 8.86. The van der Waals surface area contributed by atoms with Crippen LogP contribution in [0.5, 0.6) is 5.75 Å². The molecule has 0 aliphatic heterocycles. The van der Waals surface area contributed by atoms with Crippen molar-refractivity contribution < 1.29 is 4.74 Å². The molecule has 0 radical (unpaired) electrons. The summed E-state index contributed by atoms with van der Waals surface area (Å²) in [6.07, 6.45) is 6.62. The Balaban J connectivity index is 0.000000149. The molecular weight excluding hydrogens is 669 g/mol. The summed E-state index contributed by atoms with van der Waals surface area (Å²) in [5.74, 6) is 1.92. The number of ether oxygens (including phenoxy) is 1. The number of benzene rings is 2. The van der Waals surface area contributed by atoms with E-state index in [9.17, 15) is 0 Å². The number of rotatable bonds is 3. The smallest absolute Gasteiger partial charge is 0.220 e. The SMILES string of the molecule is C.COc1ccc2nc3c(cc2c1)c(-c1ccnc(N)n1)c1ccnc(N)n13.Nc1nccc(-c2c3cc4ccccc4nc3n3c(N)nccc23)n1. The number of anilines is 4. The molecule has 15 nitrogen and oxygen atoms in total. The van der Waals surface area contributed by atoms with E-state index in [-0.39, 0.29) is 19.3 Å². The molecule has 8 aromatic heterocycles. The molecule has 0 spiro atoms. The average Bonchev–Trinajstić information content (AvgIpc) is 3.66. The Kier molecular flexibility index (Phi) is 7.72. The van der Waals surface area contributed by atoms with Gasteiger partial charge in [0, 0.05) is 57.5 Å². The van der Waals surface area contributed by atoms with Crippen molar-refractivity contribution in [1.29, 1.82) is 0 Å². The van der Waals surface area contributed by atoms with Crippen molar-refractivity contribution in [3.63, 3.8) is 0 Å². The van der Waals surface area contributed by atoms with Crippen LogP contribution in [-0.2, 0) is 0 Å². The monoisotopic (exact) mass is 700 g/mol. The highest BCUT2D eigenvalue weighted by molar-refractivity contribution is 6.09. The van der Waals surface area contributed by atoms with E-state index in [0.29, 0.717) is 23.2 Å². The zero-order valence-electron chi connectivity index (χ0n) is 27.5.